The summed E-state index contributed by atoms with van der Waals surface area (Å²) < 4.78 is 13.1. The maximum Gasteiger partial charge on any atom is 0.238 e. The number of hydrogen-bond donors (Lipinski definition) is 0. The fourth-order valence-electron chi connectivity index (χ4n) is 6.19. The molecule has 0 aliphatic heterocycles. The smallest absolute Gasteiger partial charge is 0.238 e. The first kappa shape index (κ1) is 29.0. The van der Waals surface area contributed by atoms with Crippen LogP contribution in [0.3, 0.4) is 0 Å². The summed E-state index contributed by atoms with van der Waals surface area (Å²) in [5, 5.41) is 2.15. The third-order valence-corrected chi connectivity index (χ3v) is 8.47. The summed E-state index contributed by atoms with van der Waals surface area (Å²) in [5.74, 6) is 3.36. The fraction of sp³-hybridized carbons (Fsp3) is 0.0488. The van der Waals surface area contributed by atoms with Crippen LogP contribution in [0, 0.1) is 0 Å². The Hall–Kier alpha value is -6.47. The number of para-hydroxylation sites is 1. The van der Waals surface area contributed by atoms with E-state index in [1.165, 1.54) is 0 Å². The van der Waals surface area contributed by atoms with Crippen LogP contribution in [0.1, 0.15) is 0 Å². The minimum atomic E-state index is 0.548. The van der Waals surface area contributed by atoms with Crippen molar-refractivity contribution in [2.45, 2.75) is 0 Å². The molecule has 0 atom stereocenters. The van der Waals surface area contributed by atoms with Gasteiger partial charge in [0.25, 0.3) is 0 Å². The summed E-state index contributed by atoms with van der Waals surface area (Å²) in [5.41, 5.74) is 6.80. The normalized spacial score (nSPS) is 11.1. The molecule has 0 unspecified atom stereocenters. The molecule has 0 fully saturated rings. The molecule has 232 valence electrons. The number of fused-ring (bicyclic) bond motifs is 3. The van der Waals surface area contributed by atoms with Gasteiger partial charge in [-0.2, -0.15) is 9.97 Å². The van der Waals surface area contributed by atoms with Crippen LogP contribution in [0.4, 0.5) is 17.1 Å². The van der Waals surface area contributed by atoms with E-state index in [0.29, 0.717) is 17.6 Å². The first-order valence-corrected chi connectivity index (χ1v) is 15.7. The van der Waals surface area contributed by atoms with Gasteiger partial charge in [0.05, 0.1) is 30.9 Å². The predicted octanol–water partition coefficient (Wildman–Crippen LogP) is 9.79. The lowest BCUT2D eigenvalue weighted by Crippen LogP contribution is -2.10. The predicted molar refractivity (Wildman–Crippen MR) is 193 cm³/mol. The summed E-state index contributed by atoms with van der Waals surface area (Å²) in [6, 6.07) is 51.1. The van der Waals surface area contributed by atoms with Crippen LogP contribution >= 0.6 is 0 Å². The highest BCUT2D eigenvalue weighted by molar-refractivity contribution is 6.16. The zero-order valence-electron chi connectivity index (χ0n) is 26.5. The van der Waals surface area contributed by atoms with Crippen LogP contribution in [0.2, 0.25) is 0 Å². The van der Waals surface area contributed by atoms with Gasteiger partial charge in [-0.05, 0) is 66.7 Å². The molecule has 0 radical (unpaired) electrons. The number of benzene rings is 6. The molecule has 0 aliphatic rings. The summed E-state index contributed by atoms with van der Waals surface area (Å²) in [6.45, 7) is 0. The third kappa shape index (κ3) is 5.17. The number of rotatable bonds is 8. The van der Waals surface area contributed by atoms with Crippen LogP contribution in [0.15, 0.2) is 152 Å². The topological polar surface area (TPSA) is 65.3 Å². The van der Waals surface area contributed by atoms with E-state index in [4.69, 9.17) is 24.4 Å². The van der Waals surface area contributed by atoms with Gasteiger partial charge in [-0.25, -0.2) is 4.98 Å². The van der Waals surface area contributed by atoms with Crippen molar-refractivity contribution >= 4 is 38.9 Å². The zero-order chi connectivity index (χ0) is 32.5. The Balaban J connectivity index is 1.41. The van der Waals surface area contributed by atoms with Gasteiger partial charge in [0.1, 0.15) is 11.5 Å². The summed E-state index contributed by atoms with van der Waals surface area (Å²) >= 11 is 0. The van der Waals surface area contributed by atoms with Gasteiger partial charge < -0.3 is 14.4 Å². The van der Waals surface area contributed by atoms with Gasteiger partial charge in [-0.1, -0.05) is 84.9 Å². The lowest BCUT2D eigenvalue weighted by Gasteiger charge is -2.26. The van der Waals surface area contributed by atoms with E-state index < -0.39 is 0 Å². The summed E-state index contributed by atoms with van der Waals surface area (Å²) in [4.78, 5) is 17.4. The van der Waals surface area contributed by atoms with E-state index in [1.807, 2.05) is 84.9 Å². The van der Waals surface area contributed by atoms with Gasteiger partial charge in [0.2, 0.25) is 5.95 Å². The van der Waals surface area contributed by atoms with Crippen molar-refractivity contribution in [3.05, 3.63) is 152 Å². The molecule has 48 heavy (non-hydrogen) atoms. The second-order valence-electron chi connectivity index (χ2n) is 11.3. The van der Waals surface area contributed by atoms with E-state index in [2.05, 4.69) is 76.2 Å². The largest absolute Gasteiger partial charge is 0.497 e. The van der Waals surface area contributed by atoms with E-state index in [9.17, 15) is 0 Å². The van der Waals surface area contributed by atoms with Crippen molar-refractivity contribution in [1.82, 2.24) is 19.5 Å². The monoisotopic (exact) mass is 625 g/mol. The van der Waals surface area contributed by atoms with Crippen LogP contribution < -0.4 is 14.4 Å². The first-order chi connectivity index (χ1) is 23.7. The highest BCUT2D eigenvalue weighted by atomic mass is 16.5. The maximum atomic E-state index is 5.50. The number of methoxy groups -OCH3 is 2. The molecule has 0 amide bonds. The molecule has 8 aromatic rings. The molecule has 2 heterocycles. The van der Waals surface area contributed by atoms with Crippen molar-refractivity contribution in [2.75, 3.05) is 19.1 Å². The Morgan fingerprint density at radius 3 is 1.52 bits per heavy atom. The van der Waals surface area contributed by atoms with Gasteiger partial charge in [-0.15, -0.1) is 0 Å². The second-order valence-corrected chi connectivity index (χ2v) is 11.3. The van der Waals surface area contributed by atoms with Gasteiger partial charge in [0, 0.05) is 33.3 Å². The average Bonchev–Trinajstić information content (AvgIpc) is 3.51. The SMILES string of the molecule is COc1ccc(N(c2ccc(OC)cc2)c2cccc3c2c2ccccc2n3-c2nc(-c3ccccc3)nc(-c3ccccc3)n2)cc1. The molecule has 7 nitrogen and oxygen atoms in total. The van der Waals surface area contributed by atoms with Crippen LogP contribution in [-0.4, -0.2) is 33.7 Å². The number of nitrogens with zero attached hydrogens (tertiary/aromatic N) is 5. The Kier molecular flexibility index (Phi) is 7.47. The molecule has 8 rings (SSSR count). The van der Waals surface area contributed by atoms with Gasteiger partial charge in [0.15, 0.2) is 11.6 Å². The highest BCUT2D eigenvalue weighted by Gasteiger charge is 2.23. The average molecular weight is 626 g/mol. The molecule has 0 saturated carbocycles. The molecule has 0 spiro atoms. The highest BCUT2D eigenvalue weighted by Crippen LogP contribution is 2.44. The summed E-state index contributed by atoms with van der Waals surface area (Å²) in [7, 11) is 3.36. The van der Waals surface area contributed by atoms with Crippen molar-refractivity contribution < 1.29 is 9.47 Å². The second kappa shape index (κ2) is 12.4. The van der Waals surface area contributed by atoms with Crippen molar-refractivity contribution in [3.63, 3.8) is 0 Å². The Labute approximate surface area is 278 Å². The zero-order valence-corrected chi connectivity index (χ0v) is 26.5. The third-order valence-electron chi connectivity index (χ3n) is 8.47. The molecular weight excluding hydrogens is 594 g/mol. The van der Waals surface area contributed by atoms with Gasteiger partial charge in [-0.3, -0.25) is 4.57 Å². The standard InChI is InChI=1S/C41H31N5O2/c1-47-32-24-20-30(21-25-32)45(31-22-26-33(48-2)27-23-31)36-18-11-19-37-38(36)34-16-9-10-17-35(34)46(37)41-43-39(28-12-5-3-6-13-28)42-40(44-41)29-14-7-4-8-15-29/h3-27H,1-2H3. The lowest BCUT2D eigenvalue weighted by molar-refractivity contribution is 0.415. The number of hydrogen-bond acceptors (Lipinski definition) is 6. The Bertz CT molecular complexity index is 2250. The first-order valence-electron chi connectivity index (χ1n) is 15.7. The fourth-order valence-corrected chi connectivity index (χ4v) is 6.19. The lowest BCUT2D eigenvalue weighted by atomic mass is 10.1. The number of ether oxygens (including phenoxy) is 2. The van der Waals surface area contributed by atoms with E-state index in [-0.39, 0.29) is 0 Å². The van der Waals surface area contributed by atoms with Crippen LogP contribution in [-0.2, 0) is 0 Å². The van der Waals surface area contributed by atoms with Crippen molar-refractivity contribution in [1.29, 1.82) is 0 Å². The summed E-state index contributed by atoms with van der Waals surface area (Å²) in [6.07, 6.45) is 0. The molecule has 2 aromatic heterocycles. The van der Waals surface area contributed by atoms with Crippen molar-refractivity contribution in [3.8, 4) is 40.2 Å². The molecule has 7 heteroatoms. The number of aromatic nitrogens is 4. The molecule has 6 aromatic carbocycles. The minimum absolute atomic E-state index is 0.548. The minimum Gasteiger partial charge on any atom is -0.497 e. The Morgan fingerprint density at radius 1 is 0.479 bits per heavy atom. The van der Waals surface area contributed by atoms with Crippen LogP contribution in [0.25, 0.3) is 50.5 Å². The van der Waals surface area contributed by atoms with E-state index >= 15 is 0 Å². The van der Waals surface area contributed by atoms with Gasteiger partial charge >= 0.3 is 0 Å². The Morgan fingerprint density at radius 2 is 0.979 bits per heavy atom. The van der Waals surface area contributed by atoms with Crippen molar-refractivity contribution in [2.24, 2.45) is 0 Å². The molecule has 0 saturated heterocycles. The van der Waals surface area contributed by atoms with E-state index in [0.717, 1.165) is 61.5 Å². The number of anilines is 3. The molecular formula is C41H31N5O2. The maximum absolute atomic E-state index is 5.50. The van der Waals surface area contributed by atoms with Crippen LogP contribution in [0.5, 0.6) is 11.5 Å². The molecule has 0 N–H and O–H groups in total. The molecule has 0 bridgehead atoms. The van der Waals surface area contributed by atoms with E-state index in [1.54, 1.807) is 14.2 Å². The molecule has 0 aliphatic carbocycles. The quantitative estimate of drug-likeness (QED) is 0.168.